The molecule has 2 heterocycles. The van der Waals surface area contributed by atoms with Crippen LogP contribution in [0.15, 0.2) is 12.1 Å². The molecule has 6 heteroatoms. The van der Waals surface area contributed by atoms with E-state index in [1.807, 2.05) is 13.8 Å². The second-order valence-electron chi connectivity index (χ2n) is 10.5. The molecule has 214 valence electrons. The molecule has 0 fully saturated rings. The van der Waals surface area contributed by atoms with Crippen LogP contribution < -0.4 is 18.9 Å². The van der Waals surface area contributed by atoms with Crippen molar-refractivity contribution in [3.05, 3.63) is 45.5 Å². The predicted octanol–water partition coefficient (Wildman–Crippen LogP) is 6.62. The molecule has 0 unspecified atom stereocenters. The maximum atomic E-state index is 5.69. The molecule has 2 aliphatic heterocycles. The molecule has 0 saturated carbocycles. The number of nitrogens with zero attached hydrogens (tertiary/aromatic N) is 2. The van der Waals surface area contributed by atoms with E-state index in [-0.39, 0.29) is 0 Å². The summed E-state index contributed by atoms with van der Waals surface area (Å²) >= 11 is 0. The van der Waals surface area contributed by atoms with E-state index in [0.717, 1.165) is 67.6 Å². The summed E-state index contributed by atoms with van der Waals surface area (Å²) in [6.07, 6.45) is 2.14. The molecule has 38 heavy (non-hydrogen) atoms. The quantitative estimate of drug-likeness (QED) is 0.420. The first-order valence-corrected chi connectivity index (χ1v) is 14.1. The van der Waals surface area contributed by atoms with Crippen molar-refractivity contribution >= 4 is 0 Å². The van der Waals surface area contributed by atoms with E-state index in [2.05, 4.69) is 63.6 Å². The third-order valence-electron chi connectivity index (χ3n) is 7.53. The molecule has 0 aliphatic carbocycles. The lowest BCUT2D eigenvalue weighted by atomic mass is 9.91. The molecular formula is C32H52N2O4. The molecule has 0 bridgehead atoms. The van der Waals surface area contributed by atoms with E-state index in [9.17, 15) is 0 Å². The molecule has 2 aromatic rings. The Morgan fingerprint density at radius 2 is 1.24 bits per heavy atom. The maximum Gasteiger partial charge on any atom is 0.130 e. The summed E-state index contributed by atoms with van der Waals surface area (Å²) in [6, 6.07) is 4.94. The number of rotatable bonds is 6. The summed E-state index contributed by atoms with van der Waals surface area (Å²) < 4.78 is 22.3. The summed E-state index contributed by atoms with van der Waals surface area (Å²) in [4.78, 5) is 4.82. The smallest absolute Gasteiger partial charge is 0.130 e. The molecular weight excluding hydrogens is 476 g/mol. The second-order valence-corrected chi connectivity index (χ2v) is 10.5. The van der Waals surface area contributed by atoms with Crippen molar-refractivity contribution in [3.63, 3.8) is 0 Å². The van der Waals surface area contributed by atoms with Gasteiger partial charge in [-0.05, 0) is 69.8 Å². The van der Waals surface area contributed by atoms with Gasteiger partial charge in [0.2, 0.25) is 0 Å². The first-order chi connectivity index (χ1) is 18.2. The van der Waals surface area contributed by atoms with Gasteiger partial charge < -0.3 is 23.8 Å². The minimum absolute atomic E-state index is 0.396. The van der Waals surface area contributed by atoms with E-state index >= 15 is 0 Å². The van der Waals surface area contributed by atoms with Crippen LogP contribution in [0.1, 0.15) is 80.8 Å². The number of likely N-dealkylation sites (N-methyl/N-ethyl adjacent to an activating group) is 1. The molecule has 0 amide bonds. The molecule has 4 rings (SSSR count). The zero-order chi connectivity index (χ0) is 28.6. The van der Waals surface area contributed by atoms with Gasteiger partial charge in [-0.1, -0.05) is 27.7 Å². The fourth-order valence-electron chi connectivity index (χ4n) is 5.46. The first-order valence-electron chi connectivity index (χ1n) is 14.1. The van der Waals surface area contributed by atoms with Crippen molar-refractivity contribution in [1.29, 1.82) is 0 Å². The predicted molar refractivity (Wildman–Crippen MR) is 159 cm³/mol. The van der Waals surface area contributed by atoms with Crippen molar-refractivity contribution < 1.29 is 18.9 Å². The fraction of sp³-hybridized carbons (Fsp3) is 0.625. The number of methoxy groups -OCH3 is 4. The number of fused-ring (bicyclic) bond motifs is 2. The summed E-state index contributed by atoms with van der Waals surface area (Å²) in [5.74, 6) is 4.31. The van der Waals surface area contributed by atoms with Crippen molar-refractivity contribution in [2.45, 2.75) is 86.4 Å². The molecule has 0 radical (unpaired) electrons. The van der Waals surface area contributed by atoms with Crippen molar-refractivity contribution in [2.24, 2.45) is 0 Å². The number of hydrogen-bond acceptors (Lipinski definition) is 6. The van der Waals surface area contributed by atoms with Gasteiger partial charge >= 0.3 is 0 Å². The van der Waals surface area contributed by atoms with Gasteiger partial charge in [0.1, 0.15) is 23.0 Å². The van der Waals surface area contributed by atoms with Gasteiger partial charge in [0.15, 0.2) is 0 Å². The number of ether oxygens (including phenoxy) is 4. The van der Waals surface area contributed by atoms with Crippen LogP contribution >= 0.6 is 0 Å². The normalized spacial score (nSPS) is 15.0. The van der Waals surface area contributed by atoms with Crippen LogP contribution in [0.25, 0.3) is 0 Å². The molecule has 0 N–H and O–H groups in total. The third kappa shape index (κ3) is 6.95. The standard InChI is InChI=1S/2C15H23NO2.C2H6/c1-10(2)14-13(17-4)8-11-6-7-16(3)9-12(11)15(14)18-5;1-10(2)16-7-6-12-8-14(17-4)11(3)15(18-5)13(12)9-16;1-2/h2*8,10H,6-7,9H2,1-5H3;1-2H3. The van der Waals surface area contributed by atoms with E-state index in [1.165, 1.54) is 27.8 Å². The van der Waals surface area contributed by atoms with Crippen molar-refractivity contribution in [1.82, 2.24) is 9.80 Å². The van der Waals surface area contributed by atoms with E-state index in [0.29, 0.717) is 12.0 Å². The second kappa shape index (κ2) is 14.6. The van der Waals surface area contributed by atoms with Crippen LogP contribution in [0.2, 0.25) is 0 Å². The van der Waals surface area contributed by atoms with Gasteiger partial charge in [0, 0.05) is 54.5 Å². The Morgan fingerprint density at radius 3 is 1.74 bits per heavy atom. The van der Waals surface area contributed by atoms with Gasteiger partial charge in [-0.15, -0.1) is 0 Å². The average Bonchev–Trinajstić information content (AvgIpc) is 2.92. The van der Waals surface area contributed by atoms with Crippen LogP contribution in [0.5, 0.6) is 23.0 Å². The Kier molecular flexibility index (Phi) is 12.2. The highest BCUT2D eigenvalue weighted by Gasteiger charge is 2.26. The SMILES string of the molecule is CC.COc1cc2c(c(OC)c1C(C)C)CN(C)CC2.COc1cc2c(c(OC)c1C)CN(C(C)C)CC2. The van der Waals surface area contributed by atoms with Gasteiger partial charge in [0.25, 0.3) is 0 Å². The first kappa shape index (κ1) is 31.8. The Morgan fingerprint density at radius 1 is 0.711 bits per heavy atom. The van der Waals surface area contributed by atoms with Gasteiger partial charge in [-0.2, -0.15) is 0 Å². The van der Waals surface area contributed by atoms with Crippen LogP contribution in [-0.2, 0) is 25.9 Å². The summed E-state index contributed by atoms with van der Waals surface area (Å²) in [5.41, 5.74) is 7.68. The molecule has 2 aliphatic rings. The summed E-state index contributed by atoms with van der Waals surface area (Å²) in [6.45, 7) is 19.1. The maximum absolute atomic E-state index is 5.69. The van der Waals surface area contributed by atoms with Crippen LogP contribution in [0.3, 0.4) is 0 Å². The minimum Gasteiger partial charge on any atom is -0.496 e. The van der Waals surface area contributed by atoms with Gasteiger partial charge in [-0.25, -0.2) is 0 Å². The lowest BCUT2D eigenvalue weighted by Gasteiger charge is -2.33. The highest BCUT2D eigenvalue weighted by atomic mass is 16.5. The molecule has 0 atom stereocenters. The largest absolute Gasteiger partial charge is 0.496 e. The molecule has 0 spiro atoms. The lowest BCUT2D eigenvalue weighted by Crippen LogP contribution is -2.36. The van der Waals surface area contributed by atoms with Gasteiger partial charge in [0.05, 0.1) is 28.4 Å². The molecule has 2 aromatic carbocycles. The Balaban J connectivity index is 0.000000251. The average molecular weight is 529 g/mol. The Hall–Kier alpha value is -2.44. The van der Waals surface area contributed by atoms with E-state index in [1.54, 1.807) is 28.4 Å². The Bertz CT molecular complexity index is 1050. The van der Waals surface area contributed by atoms with Crippen molar-refractivity contribution in [2.75, 3.05) is 48.6 Å². The lowest BCUT2D eigenvalue weighted by molar-refractivity contribution is 0.199. The number of benzene rings is 2. The van der Waals surface area contributed by atoms with Crippen LogP contribution in [0.4, 0.5) is 0 Å². The number of hydrogen-bond donors (Lipinski definition) is 0. The zero-order valence-electron chi connectivity index (χ0n) is 26.1. The monoisotopic (exact) mass is 528 g/mol. The topological polar surface area (TPSA) is 43.4 Å². The van der Waals surface area contributed by atoms with E-state index < -0.39 is 0 Å². The van der Waals surface area contributed by atoms with Crippen molar-refractivity contribution in [3.8, 4) is 23.0 Å². The fourth-order valence-corrected chi connectivity index (χ4v) is 5.46. The van der Waals surface area contributed by atoms with Gasteiger partial charge in [-0.3, -0.25) is 4.90 Å². The van der Waals surface area contributed by atoms with Crippen LogP contribution in [-0.4, -0.2) is 64.4 Å². The summed E-state index contributed by atoms with van der Waals surface area (Å²) in [5, 5.41) is 0. The third-order valence-corrected chi connectivity index (χ3v) is 7.53. The molecule has 6 nitrogen and oxygen atoms in total. The summed E-state index contributed by atoms with van der Waals surface area (Å²) in [7, 11) is 9.12. The minimum atomic E-state index is 0.396. The molecule has 0 saturated heterocycles. The molecule has 0 aromatic heterocycles. The Labute approximate surface area is 232 Å². The van der Waals surface area contributed by atoms with E-state index in [4.69, 9.17) is 18.9 Å². The highest BCUT2D eigenvalue weighted by molar-refractivity contribution is 5.56. The van der Waals surface area contributed by atoms with Crippen LogP contribution in [0, 0.1) is 6.92 Å². The highest BCUT2D eigenvalue weighted by Crippen LogP contribution is 2.42. The zero-order valence-corrected chi connectivity index (χ0v) is 26.1.